The molecule has 0 bridgehead atoms. The van der Waals surface area contributed by atoms with Crippen molar-refractivity contribution in [2.24, 2.45) is 17.1 Å². The van der Waals surface area contributed by atoms with Crippen molar-refractivity contribution < 1.29 is 0 Å². The molecule has 1 heteroatoms. The van der Waals surface area contributed by atoms with Crippen LogP contribution in [0.1, 0.15) is 72.1 Å². The fourth-order valence-corrected chi connectivity index (χ4v) is 3.12. The van der Waals surface area contributed by atoms with Gasteiger partial charge in [-0.1, -0.05) is 46.5 Å². The van der Waals surface area contributed by atoms with E-state index in [4.69, 9.17) is 5.73 Å². The standard InChI is InChI=1S/C14H29N/c1-4-14(10-5-6-11-14)13(15)9-7-8-12(2)3/h12-13H,4-11,15H2,1-3H3. The van der Waals surface area contributed by atoms with E-state index in [1.807, 2.05) is 0 Å². The van der Waals surface area contributed by atoms with E-state index < -0.39 is 0 Å². The molecule has 2 N–H and O–H groups in total. The first-order valence-corrected chi connectivity index (χ1v) is 6.86. The predicted octanol–water partition coefficient (Wildman–Crippen LogP) is 4.11. The Morgan fingerprint density at radius 2 is 1.73 bits per heavy atom. The minimum absolute atomic E-state index is 0.462. The Hall–Kier alpha value is -0.0400. The average Bonchev–Trinajstić information content (AvgIpc) is 2.66. The summed E-state index contributed by atoms with van der Waals surface area (Å²) >= 11 is 0. The van der Waals surface area contributed by atoms with Crippen molar-refractivity contribution in [2.45, 2.75) is 78.2 Å². The summed E-state index contributed by atoms with van der Waals surface area (Å²) in [7, 11) is 0. The second-order valence-electron chi connectivity index (χ2n) is 5.85. The second-order valence-corrected chi connectivity index (χ2v) is 5.85. The lowest BCUT2D eigenvalue weighted by molar-refractivity contribution is 0.206. The summed E-state index contributed by atoms with van der Waals surface area (Å²) in [6.07, 6.45) is 10.8. The van der Waals surface area contributed by atoms with Gasteiger partial charge in [0.15, 0.2) is 0 Å². The van der Waals surface area contributed by atoms with Gasteiger partial charge >= 0.3 is 0 Å². The van der Waals surface area contributed by atoms with Crippen molar-refractivity contribution in [1.82, 2.24) is 0 Å². The molecule has 1 atom stereocenters. The average molecular weight is 211 g/mol. The van der Waals surface area contributed by atoms with Gasteiger partial charge in [0.1, 0.15) is 0 Å². The maximum absolute atomic E-state index is 6.41. The molecule has 1 fully saturated rings. The number of nitrogens with two attached hydrogens (primary N) is 1. The summed E-state index contributed by atoms with van der Waals surface area (Å²) in [6.45, 7) is 6.93. The smallest absolute Gasteiger partial charge is 0.00954 e. The van der Waals surface area contributed by atoms with Gasteiger partial charge in [-0.15, -0.1) is 0 Å². The molecular weight excluding hydrogens is 182 g/mol. The first-order valence-electron chi connectivity index (χ1n) is 6.86. The van der Waals surface area contributed by atoms with Crippen LogP contribution in [0.25, 0.3) is 0 Å². The Kier molecular flexibility index (Phi) is 5.11. The third-order valence-electron chi connectivity index (χ3n) is 4.39. The Morgan fingerprint density at radius 1 is 1.13 bits per heavy atom. The van der Waals surface area contributed by atoms with E-state index in [-0.39, 0.29) is 0 Å². The van der Waals surface area contributed by atoms with Crippen LogP contribution < -0.4 is 5.73 Å². The van der Waals surface area contributed by atoms with E-state index in [0.29, 0.717) is 11.5 Å². The third kappa shape index (κ3) is 3.48. The molecule has 1 aliphatic rings. The molecule has 1 aliphatic carbocycles. The maximum atomic E-state index is 6.41. The first-order chi connectivity index (χ1) is 7.10. The van der Waals surface area contributed by atoms with E-state index in [9.17, 15) is 0 Å². The van der Waals surface area contributed by atoms with Crippen molar-refractivity contribution in [2.75, 3.05) is 0 Å². The minimum atomic E-state index is 0.462. The molecule has 0 aromatic rings. The molecule has 0 spiro atoms. The van der Waals surface area contributed by atoms with Gasteiger partial charge in [-0.25, -0.2) is 0 Å². The van der Waals surface area contributed by atoms with Crippen molar-refractivity contribution in [3.63, 3.8) is 0 Å². The largest absolute Gasteiger partial charge is 0.327 e. The quantitative estimate of drug-likeness (QED) is 0.703. The highest BCUT2D eigenvalue weighted by Gasteiger charge is 2.37. The Labute approximate surface area is 95.8 Å². The van der Waals surface area contributed by atoms with E-state index in [2.05, 4.69) is 20.8 Å². The Balaban J connectivity index is 2.33. The van der Waals surface area contributed by atoms with Crippen LogP contribution in [0.15, 0.2) is 0 Å². The molecular formula is C14H29N. The van der Waals surface area contributed by atoms with Crippen LogP contribution in [0, 0.1) is 11.3 Å². The fraction of sp³-hybridized carbons (Fsp3) is 1.00. The zero-order valence-electron chi connectivity index (χ0n) is 10.9. The van der Waals surface area contributed by atoms with Gasteiger partial charge < -0.3 is 5.73 Å². The number of hydrogen-bond donors (Lipinski definition) is 1. The number of hydrogen-bond acceptors (Lipinski definition) is 1. The summed E-state index contributed by atoms with van der Waals surface area (Å²) < 4.78 is 0. The minimum Gasteiger partial charge on any atom is -0.327 e. The zero-order valence-corrected chi connectivity index (χ0v) is 10.9. The summed E-state index contributed by atoms with van der Waals surface area (Å²) in [4.78, 5) is 0. The van der Waals surface area contributed by atoms with Crippen LogP contribution in [0.3, 0.4) is 0 Å². The van der Waals surface area contributed by atoms with Gasteiger partial charge in [-0.05, 0) is 37.0 Å². The summed E-state index contributed by atoms with van der Waals surface area (Å²) in [5.74, 6) is 0.832. The van der Waals surface area contributed by atoms with E-state index in [0.717, 1.165) is 5.92 Å². The van der Waals surface area contributed by atoms with Crippen LogP contribution in [0.5, 0.6) is 0 Å². The van der Waals surface area contributed by atoms with Gasteiger partial charge in [-0.3, -0.25) is 0 Å². The Bertz CT molecular complexity index is 168. The monoisotopic (exact) mass is 211 g/mol. The summed E-state index contributed by atoms with van der Waals surface area (Å²) in [5.41, 5.74) is 6.92. The number of rotatable bonds is 6. The lowest BCUT2D eigenvalue weighted by Gasteiger charge is -2.34. The molecule has 0 aromatic heterocycles. The maximum Gasteiger partial charge on any atom is 0.00954 e. The predicted molar refractivity (Wildman–Crippen MR) is 67.9 cm³/mol. The molecule has 0 aromatic carbocycles. The zero-order chi connectivity index (χ0) is 11.3. The van der Waals surface area contributed by atoms with Crippen molar-refractivity contribution in [3.05, 3.63) is 0 Å². The highest BCUT2D eigenvalue weighted by molar-refractivity contribution is 4.91. The van der Waals surface area contributed by atoms with Gasteiger partial charge in [0.25, 0.3) is 0 Å². The molecule has 0 radical (unpaired) electrons. The highest BCUT2D eigenvalue weighted by Crippen LogP contribution is 2.44. The van der Waals surface area contributed by atoms with Crippen molar-refractivity contribution in [3.8, 4) is 0 Å². The highest BCUT2D eigenvalue weighted by atomic mass is 14.7. The molecule has 1 nitrogen and oxygen atoms in total. The second kappa shape index (κ2) is 5.89. The van der Waals surface area contributed by atoms with E-state index in [1.165, 1.54) is 51.4 Å². The van der Waals surface area contributed by atoms with Crippen molar-refractivity contribution >= 4 is 0 Å². The fourth-order valence-electron chi connectivity index (χ4n) is 3.12. The molecule has 90 valence electrons. The van der Waals surface area contributed by atoms with Crippen molar-refractivity contribution in [1.29, 1.82) is 0 Å². The molecule has 1 unspecified atom stereocenters. The van der Waals surface area contributed by atoms with Crippen LogP contribution >= 0.6 is 0 Å². The molecule has 0 amide bonds. The lowest BCUT2D eigenvalue weighted by atomic mass is 9.74. The van der Waals surface area contributed by atoms with Crippen LogP contribution in [-0.4, -0.2) is 6.04 Å². The molecule has 15 heavy (non-hydrogen) atoms. The van der Waals surface area contributed by atoms with Crippen LogP contribution in [-0.2, 0) is 0 Å². The molecule has 1 rings (SSSR count). The van der Waals surface area contributed by atoms with Crippen LogP contribution in [0.4, 0.5) is 0 Å². The summed E-state index contributed by atoms with van der Waals surface area (Å²) in [6, 6.07) is 0.462. The van der Waals surface area contributed by atoms with Crippen LogP contribution in [0.2, 0.25) is 0 Å². The summed E-state index contributed by atoms with van der Waals surface area (Å²) in [5, 5.41) is 0. The van der Waals surface area contributed by atoms with Gasteiger partial charge in [-0.2, -0.15) is 0 Å². The third-order valence-corrected chi connectivity index (χ3v) is 4.39. The van der Waals surface area contributed by atoms with E-state index in [1.54, 1.807) is 0 Å². The Morgan fingerprint density at radius 3 is 2.20 bits per heavy atom. The SMILES string of the molecule is CCC1(C(N)CCCC(C)C)CCCC1. The first kappa shape index (κ1) is 13.0. The lowest BCUT2D eigenvalue weighted by Crippen LogP contribution is -2.39. The molecule has 0 saturated heterocycles. The van der Waals surface area contributed by atoms with Gasteiger partial charge in [0.05, 0.1) is 0 Å². The van der Waals surface area contributed by atoms with E-state index >= 15 is 0 Å². The topological polar surface area (TPSA) is 26.0 Å². The van der Waals surface area contributed by atoms with Gasteiger partial charge in [0.2, 0.25) is 0 Å². The molecule has 0 heterocycles. The molecule has 1 saturated carbocycles. The molecule has 0 aliphatic heterocycles. The van der Waals surface area contributed by atoms with Gasteiger partial charge in [0, 0.05) is 6.04 Å². The normalized spacial score (nSPS) is 22.2.